The van der Waals surface area contributed by atoms with Gasteiger partial charge in [0.05, 0.1) is 13.0 Å². The van der Waals surface area contributed by atoms with Gasteiger partial charge in [-0.3, -0.25) is 4.79 Å². The molecule has 1 aliphatic rings. The van der Waals surface area contributed by atoms with Crippen molar-refractivity contribution in [2.45, 2.75) is 25.3 Å². The molecule has 1 aromatic carbocycles. The molecule has 2 N–H and O–H groups in total. The van der Waals surface area contributed by atoms with E-state index < -0.39 is 17.4 Å². The summed E-state index contributed by atoms with van der Waals surface area (Å²) in [4.78, 5) is 22.6. The van der Waals surface area contributed by atoms with E-state index in [0.29, 0.717) is 12.8 Å². The quantitative estimate of drug-likeness (QED) is 0.783. The van der Waals surface area contributed by atoms with Gasteiger partial charge in [0.1, 0.15) is 11.3 Å². The largest absolute Gasteiger partial charge is 0.497 e. The first-order chi connectivity index (χ1) is 8.99. The van der Waals surface area contributed by atoms with Gasteiger partial charge in [-0.2, -0.15) is 0 Å². The zero-order chi connectivity index (χ0) is 14.0. The fourth-order valence-corrected chi connectivity index (χ4v) is 2.34. The Bertz CT molecular complexity index is 497. The lowest BCUT2D eigenvalue weighted by Gasteiger charge is -2.44. The van der Waals surface area contributed by atoms with Crippen LogP contribution in [0.4, 0.5) is 0 Å². The molecule has 0 bridgehead atoms. The third-order valence-corrected chi connectivity index (χ3v) is 3.83. The predicted molar refractivity (Wildman–Crippen MR) is 69.0 cm³/mol. The zero-order valence-corrected chi connectivity index (χ0v) is 11.0. The van der Waals surface area contributed by atoms with Crippen LogP contribution >= 0.6 is 0 Å². The molecule has 2 unspecified atom stereocenters. The van der Waals surface area contributed by atoms with Crippen molar-refractivity contribution < 1.29 is 19.4 Å². The third kappa shape index (κ3) is 2.28. The van der Waals surface area contributed by atoms with Crippen LogP contribution in [0.5, 0.6) is 5.75 Å². The number of hydrogen-bond acceptors (Lipinski definition) is 3. The number of β-lactam (4-membered cyclic amide) rings is 1. The summed E-state index contributed by atoms with van der Waals surface area (Å²) in [7, 11) is 1.60. The van der Waals surface area contributed by atoms with E-state index in [2.05, 4.69) is 5.32 Å². The lowest BCUT2D eigenvalue weighted by molar-refractivity contribution is -0.163. The Balaban J connectivity index is 2.04. The van der Waals surface area contributed by atoms with E-state index in [1.54, 1.807) is 14.0 Å². The van der Waals surface area contributed by atoms with Gasteiger partial charge in [-0.1, -0.05) is 19.1 Å². The minimum atomic E-state index is -1.11. The van der Waals surface area contributed by atoms with Crippen molar-refractivity contribution >= 4 is 11.9 Å². The Morgan fingerprint density at radius 1 is 1.42 bits per heavy atom. The van der Waals surface area contributed by atoms with E-state index in [4.69, 9.17) is 4.74 Å². The first kappa shape index (κ1) is 13.4. The normalized spacial score (nSPS) is 25.4. The second-order valence-electron chi connectivity index (χ2n) is 4.84. The number of benzene rings is 1. The van der Waals surface area contributed by atoms with Gasteiger partial charge >= 0.3 is 5.97 Å². The molecule has 0 spiro atoms. The van der Waals surface area contributed by atoms with Crippen LogP contribution in [-0.4, -0.2) is 29.6 Å². The molecular weight excluding hydrogens is 246 g/mol. The molecular formula is C14H17NO4. The van der Waals surface area contributed by atoms with Crippen molar-refractivity contribution in [1.29, 1.82) is 0 Å². The van der Waals surface area contributed by atoms with Crippen molar-refractivity contribution in [2.24, 2.45) is 5.92 Å². The SMILES string of the molecule is COc1ccc(CCC2(C(=O)O)NC(=O)C2C)cc1. The molecule has 0 saturated carbocycles. The van der Waals surface area contributed by atoms with E-state index in [0.717, 1.165) is 11.3 Å². The van der Waals surface area contributed by atoms with Crippen LogP contribution < -0.4 is 10.1 Å². The molecule has 0 aliphatic carbocycles. The number of rotatable bonds is 5. The monoisotopic (exact) mass is 263 g/mol. The van der Waals surface area contributed by atoms with Gasteiger partial charge in [-0.15, -0.1) is 0 Å². The van der Waals surface area contributed by atoms with Crippen LogP contribution in [0, 0.1) is 5.92 Å². The molecule has 2 atom stereocenters. The van der Waals surface area contributed by atoms with Crippen molar-refractivity contribution in [3.05, 3.63) is 29.8 Å². The van der Waals surface area contributed by atoms with Crippen LogP contribution in [0.15, 0.2) is 24.3 Å². The number of aliphatic carboxylic acids is 1. The van der Waals surface area contributed by atoms with Crippen molar-refractivity contribution in [3.63, 3.8) is 0 Å². The molecule has 1 amide bonds. The van der Waals surface area contributed by atoms with Gasteiger partial charge in [0.15, 0.2) is 0 Å². The number of hydrogen-bond donors (Lipinski definition) is 2. The van der Waals surface area contributed by atoms with Gasteiger partial charge in [-0.05, 0) is 30.5 Å². The average molecular weight is 263 g/mol. The Kier molecular flexibility index (Phi) is 3.46. The number of methoxy groups -OCH3 is 1. The van der Waals surface area contributed by atoms with E-state index in [1.165, 1.54) is 0 Å². The average Bonchev–Trinajstić information content (AvgIpc) is 2.43. The molecule has 1 aliphatic heterocycles. The maximum Gasteiger partial charge on any atom is 0.330 e. The maximum atomic E-state index is 11.3. The summed E-state index contributed by atoms with van der Waals surface area (Å²) in [5.74, 6) is -0.879. The van der Waals surface area contributed by atoms with E-state index in [1.807, 2.05) is 24.3 Å². The Labute approximate surface area is 111 Å². The molecule has 5 heteroatoms. The Morgan fingerprint density at radius 2 is 2.05 bits per heavy atom. The molecule has 1 saturated heterocycles. The minimum Gasteiger partial charge on any atom is -0.497 e. The minimum absolute atomic E-state index is 0.197. The van der Waals surface area contributed by atoms with Crippen molar-refractivity contribution in [3.8, 4) is 5.75 Å². The van der Waals surface area contributed by atoms with Crippen LogP contribution in [0.1, 0.15) is 18.9 Å². The number of amides is 1. The molecule has 0 aromatic heterocycles. The topological polar surface area (TPSA) is 75.6 Å². The summed E-state index contributed by atoms with van der Waals surface area (Å²) in [6.45, 7) is 1.65. The highest BCUT2D eigenvalue weighted by molar-refractivity contribution is 6.00. The van der Waals surface area contributed by atoms with Gasteiger partial charge in [0, 0.05) is 0 Å². The third-order valence-electron chi connectivity index (χ3n) is 3.83. The number of carbonyl (C=O) groups is 2. The van der Waals surface area contributed by atoms with E-state index >= 15 is 0 Å². The maximum absolute atomic E-state index is 11.3. The van der Waals surface area contributed by atoms with Crippen LogP contribution in [0.25, 0.3) is 0 Å². The summed E-state index contributed by atoms with van der Waals surface area (Å²) in [6.07, 6.45) is 0.989. The predicted octanol–water partition coefficient (Wildman–Crippen LogP) is 1.22. The molecule has 1 fully saturated rings. The lowest BCUT2D eigenvalue weighted by atomic mass is 9.73. The van der Waals surface area contributed by atoms with E-state index in [9.17, 15) is 14.7 Å². The van der Waals surface area contributed by atoms with Gasteiger partial charge in [0.2, 0.25) is 5.91 Å². The van der Waals surface area contributed by atoms with Crippen LogP contribution in [-0.2, 0) is 16.0 Å². The number of carboxylic acids is 1. The molecule has 1 aromatic rings. The summed E-state index contributed by atoms with van der Waals surface area (Å²) in [5.41, 5.74) is -0.0911. The van der Waals surface area contributed by atoms with Crippen molar-refractivity contribution in [2.75, 3.05) is 7.11 Å². The lowest BCUT2D eigenvalue weighted by Crippen LogP contribution is -2.72. The second-order valence-corrected chi connectivity index (χ2v) is 4.84. The standard InChI is InChI=1S/C14H17NO4/c1-9-12(16)15-14(9,13(17)18)8-7-10-3-5-11(19-2)6-4-10/h3-6,9H,7-8H2,1-2H3,(H,15,16)(H,17,18). The summed E-state index contributed by atoms with van der Waals surface area (Å²) in [6, 6.07) is 7.48. The summed E-state index contributed by atoms with van der Waals surface area (Å²) in [5, 5.41) is 11.8. The first-order valence-electron chi connectivity index (χ1n) is 6.18. The van der Waals surface area contributed by atoms with E-state index in [-0.39, 0.29) is 5.91 Å². The molecule has 0 radical (unpaired) electrons. The van der Waals surface area contributed by atoms with Crippen molar-refractivity contribution in [1.82, 2.24) is 5.32 Å². The van der Waals surface area contributed by atoms with Gasteiger partial charge < -0.3 is 15.2 Å². The fraction of sp³-hybridized carbons (Fsp3) is 0.429. The van der Waals surface area contributed by atoms with Crippen LogP contribution in [0.2, 0.25) is 0 Å². The summed E-state index contributed by atoms with van der Waals surface area (Å²) < 4.78 is 5.07. The summed E-state index contributed by atoms with van der Waals surface area (Å²) >= 11 is 0. The molecule has 19 heavy (non-hydrogen) atoms. The Morgan fingerprint density at radius 3 is 2.47 bits per heavy atom. The smallest absolute Gasteiger partial charge is 0.330 e. The zero-order valence-electron chi connectivity index (χ0n) is 11.0. The number of aryl methyl sites for hydroxylation is 1. The highest BCUT2D eigenvalue weighted by atomic mass is 16.5. The van der Waals surface area contributed by atoms with Gasteiger partial charge in [-0.25, -0.2) is 4.79 Å². The number of carboxylic acid groups (broad SMARTS) is 1. The molecule has 1 heterocycles. The number of nitrogens with one attached hydrogen (secondary N) is 1. The highest BCUT2D eigenvalue weighted by Crippen LogP contribution is 2.32. The number of carbonyl (C=O) groups excluding carboxylic acids is 1. The molecule has 5 nitrogen and oxygen atoms in total. The van der Waals surface area contributed by atoms with Gasteiger partial charge in [0.25, 0.3) is 0 Å². The fourth-order valence-electron chi connectivity index (χ4n) is 2.34. The highest BCUT2D eigenvalue weighted by Gasteiger charge is 2.56. The molecule has 2 rings (SSSR count). The first-order valence-corrected chi connectivity index (χ1v) is 6.18. The second kappa shape index (κ2) is 4.91. The van der Waals surface area contributed by atoms with Crippen LogP contribution in [0.3, 0.4) is 0 Å². The Hall–Kier alpha value is -2.04. The number of ether oxygens (including phenoxy) is 1. The molecule has 102 valence electrons.